The lowest BCUT2D eigenvalue weighted by Gasteiger charge is -2.34. The number of nitrogens with zero attached hydrogens (tertiary/aromatic N) is 3. The van der Waals surface area contributed by atoms with E-state index in [1.807, 2.05) is 5.38 Å². The van der Waals surface area contributed by atoms with Gasteiger partial charge in [0.15, 0.2) is 5.13 Å². The first-order chi connectivity index (χ1) is 10.1. The Bertz CT molecular complexity index is 511. The molecule has 0 unspecified atom stereocenters. The molecule has 1 aliphatic heterocycles. The third-order valence-electron chi connectivity index (χ3n) is 3.07. The smallest absolute Gasteiger partial charge is 0.324 e. The minimum Gasteiger partial charge on any atom is -0.481 e. The number of aliphatic carboxylic acids is 1. The number of nitrogens with one attached hydrogen (secondary N) is 1. The number of hydrogen-bond donors (Lipinski definition) is 2. The van der Waals surface area contributed by atoms with Crippen LogP contribution in [0.15, 0.2) is 11.6 Å². The van der Waals surface area contributed by atoms with Crippen LogP contribution in [0.5, 0.6) is 0 Å². The van der Waals surface area contributed by atoms with Crippen LogP contribution >= 0.6 is 11.3 Å². The maximum absolute atomic E-state index is 11.9. The fraction of sp³-hybridized carbons (Fsp3) is 0.500. The number of carbonyl (C=O) groups excluding carboxylic acids is 2. The fourth-order valence-corrected chi connectivity index (χ4v) is 2.65. The van der Waals surface area contributed by atoms with E-state index in [1.54, 1.807) is 22.4 Å². The number of hydrogen-bond acceptors (Lipinski definition) is 6. The third-order valence-corrected chi connectivity index (χ3v) is 3.90. The number of rotatable bonds is 4. The number of anilines is 1. The second kappa shape index (κ2) is 7.02. The van der Waals surface area contributed by atoms with E-state index in [-0.39, 0.29) is 12.8 Å². The van der Waals surface area contributed by atoms with Crippen LogP contribution in [0.25, 0.3) is 0 Å². The summed E-state index contributed by atoms with van der Waals surface area (Å²) in [4.78, 5) is 41.5. The second-order valence-corrected chi connectivity index (χ2v) is 5.41. The first-order valence-electron chi connectivity index (χ1n) is 6.51. The minimum atomic E-state index is -1.06. The number of urea groups is 1. The number of imide groups is 1. The molecule has 114 valence electrons. The summed E-state index contributed by atoms with van der Waals surface area (Å²) in [6.07, 6.45) is 1.26. The Balaban J connectivity index is 1.75. The van der Waals surface area contributed by atoms with E-state index in [2.05, 4.69) is 15.2 Å². The van der Waals surface area contributed by atoms with E-state index in [0.717, 1.165) is 5.13 Å². The van der Waals surface area contributed by atoms with Crippen molar-refractivity contribution in [2.45, 2.75) is 12.8 Å². The molecule has 0 saturated carbocycles. The van der Waals surface area contributed by atoms with Crippen LogP contribution in [0.1, 0.15) is 12.8 Å². The van der Waals surface area contributed by atoms with Gasteiger partial charge in [-0.3, -0.25) is 14.9 Å². The number of carbonyl (C=O) groups is 3. The van der Waals surface area contributed by atoms with Crippen molar-refractivity contribution in [3.63, 3.8) is 0 Å². The maximum atomic E-state index is 11.9. The largest absolute Gasteiger partial charge is 0.481 e. The van der Waals surface area contributed by atoms with Crippen LogP contribution < -0.4 is 10.2 Å². The Hall–Kier alpha value is -2.16. The van der Waals surface area contributed by atoms with Gasteiger partial charge in [-0.05, 0) is 0 Å². The van der Waals surface area contributed by atoms with E-state index in [9.17, 15) is 14.4 Å². The quantitative estimate of drug-likeness (QED) is 0.832. The maximum Gasteiger partial charge on any atom is 0.324 e. The monoisotopic (exact) mass is 312 g/mol. The Morgan fingerprint density at radius 2 is 1.95 bits per heavy atom. The molecule has 0 aliphatic carbocycles. The summed E-state index contributed by atoms with van der Waals surface area (Å²) in [7, 11) is 0. The van der Waals surface area contributed by atoms with E-state index in [0.29, 0.717) is 26.2 Å². The predicted molar refractivity (Wildman–Crippen MR) is 76.3 cm³/mol. The Morgan fingerprint density at radius 3 is 2.52 bits per heavy atom. The third kappa shape index (κ3) is 4.42. The number of aromatic nitrogens is 1. The van der Waals surface area contributed by atoms with Gasteiger partial charge in [0.1, 0.15) is 0 Å². The summed E-state index contributed by atoms with van der Waals surface area (Å²) in [5.41, 5.74) is 0. The molecule has 21 heavy (non-hydrogen) atoms. The van der Waals surface area contributed by atoms with Crippen molar-refractivity contribution >= 4 is 34.4 Å². The molecule has 2 N–H and O–H groups in total. The SMILES string of the molecule is O=C(O)CCC(=O)NC(=O)N1CCN(c2nccs2)CC1. The molecule has 2 rings (SSSR count). The molecule has 1 fully saturated rings. The zero-order valence-corrected chi connectivity index (χ0v) is 12.1. The van der Waals surface area contributed by atoms with Crippen LogP contribution in [-0.2, 0) is 9.59 Å². The van der Waals surface area contributed by atoms with Gasteiger partial charge >= 0.3 is 12.0 Å². The zero-order chi connectivity index (χ0) is 15.2. The van der Waals surface area contributed by atoms with Crippen molar-refractivity contribution in [1.82, 2.24) is 15.2 Å². The molecule has 9 heteroatoms. The first-order valence-corrected chi connectivity index (χ1v) is 7.39. The highest BCUT2D eigenvalue weighted by molar-refractivity contribution is 7.13. The van der Waals surface area contributed by atoms with Crippen LogP contribution in [0.2, 0.25) is 0 Å². The van der Waals surface area contributed by atoms with Gasteiger partial charge in [0.05, 0.1) is 6.42 Å². The Labute approximate surface area is 125 Å². The first kappa shape index (κ1) is 15.2. The molecule has 1 aromatic rings. The van der Waals surface area contributed by atoms with Crippen molar-refractivity contribution in [3.8, 4) is 0 Å². The Morgan fingerprint density at radius 1 is 1.24 bits per heavy atom. The molecule has 0 spiro atoms. The number of thiazole rings is 1. The van der Waals surface area contributed by atoms with E-state index in [4.69, 9.17) is 5.11 Å². The lowest BCUT2D eigenvalue weighted by molar-refractivity contribution is -0.138. The van der Waals surface area contributed by atoms with Gasteiger partial charge in [-0.15, -0.1) is 11.3 Å². The highest BCUT2D eigenvalue weighted by Gasteiger charge is 2.23. The molecular formula is C12H16N4O4S. The molecular weight excluding hydrogens is 296 g/mol. The summed E-state index contributed by atoms with van der Waals surface area (Å²) >= 11 is 1.55. The number of carboxylic acids is 1. The normalized spacial score (nSPS) is 14.9. The van der Waals surface area contributed by atoms with E-state index in [1.165, 1.54) is 0 Å². The van der Waals surface area contributed by atoms with Gasteiger partial charge in [0.25, 0.3) is 0 Å². The molecule has 8 nitrogen and oxygen atoms in total. The van der Waals surface area contributed by atoms with Crippen LogP contribution in [0.4, 0.5) is 9.93 Å². The van der Waals surface area contributed by atoms with Crippen molar-refractivity contribution < 1.29 is 19.5 Å². The molecule has 1 aromatic heterocycles. The molecule has 1 saturated heterocycles. The molecule has 1 aliphatic rings. The summed E-state index contributed by atoms with van der Waals surface area (Å²) in [5.74, 6) is -1.63. The lowest BCUT2D eigenvalue weighted by Crippen LogP contribution is -2.52. The van der Waals surface area contributed by atoms with Gasteiger partial charge in [-0.1, -0.05) is 0 Å². The highest BCUT2D eigenvalue weighted by atomic mass is 32.1. The Kier molecular flexibility index (Phi) is 5.09. The van der Waals surface area contributed by atoms with E-state index < -0.39 is 17.9 Å². The van der Waals surface area contributed by atoms with Gasteiger partial charge in [0.2, 0.25) is 5.91 Å². The summed E-state index contributed by atoms with van der Waals surface area (Å²) < 4.78 is 0. The number of piperazine rings is 1. The van der Waals surface area contributed by atoms with Crippen molar-refractivity contribution in [2.24, 2.45) is 0 Å². The number of amides is 3. The molecule has 0 aromatic carbocycles. The van der Waals surface area contributed by atoms with Gasteiger partial charge in [-0.2, -0.15) is 0 Å². The van der Waals surface area contributed by atoms with Crippen LogP contribution in [0, 0.1) is 0 Å². The molecule has 3 amide bonds. The number of carboxylic acid groups (broad SMARTS) is 1. The molecule has 0 bridgehead atoms. The zero-order valence-electron chi connectivity index (χ0n) is 11.3. The minimum absolute atomic E-state index is 0.194. The standard InChI is InChI=1S/C12H16N4O4S/c17-9(1-2-10(18)19)14-11(20)15-4-6-16(7-5-15)12-13-3-8-21-12/h3,8H,1-2,4-7H2,(H,18,19)(H,14,17,20). The van der Waals surface area contributed by atoms with Crippen molar-refractivity contribution in [2.75, 3.05) is 31.1 Å². The summed E-state index contributed by atoms with van der Waals surface area (Å²) in [6.45, 7) is 2.31. The van der Waals surface area contributed by atoms with Gasteiger partial charge < -0.3 is 14.9 Å². The highest BCUT2D eigenvalue weighted by Crippen LogP contribution is 2.18. The predicted octanol–water partition coefficient (Wildman–Crippen LogP) is 0.366. The van der Waals surface area contributed by atoms with Crippen molar-refractivity contribution in [3.05, 3.63) is 11.6 Å². The fourth-order valence-electron chi connectivity index (χ4n) is 1.95. The van der Waals surface area contributed by atoms with Crippen LogP contribution in [0.3, 0.4) is 0 Å². The van der Waals surface area contributed by atoms with Crippen molar-refractivity contribution in [1.29, 1.82) is 0 Å². The topological polar surface area (TPSA) is 103 Å². The lowest BCUT2D eigenvalue weighted by atomic mass is 10.3. The molecule has 0 atom stereocenters. The molecule has 0 radical (unpaired) electrons. The van der Waals surface area contributed by atoms with Gasteiger partial charge in [-0.25, -0.2) is 9.78 Å². The average Bonchev–Trinajstić information content (AvgIpc) is 2.99. The summed E-state index contributed by atoms with van der Waals surface area (Å²) in [6, 6.07) is -0.468. The summed E-state index contributed by atoms with van der Waals surface area (Å²) in [5, 5.41) is 13.5. The van der Waals surface area contributed by atoms with E-state index >= 15 is 0 Å². The second-order valence-electron chi connectivity index (χ2n) is 4.54. The molecule has 2 heterocycles. The average molecular weight is 312 g/mol. The van der Waals surface area contributed by atoms with Crippen LogP contribution in [-0.4, -0.2) is 59.1 Å². The van der Waals surface area contributed by atoms with Gasteiger partial charge in [0, 0.05) is 44.2 Å².